The third-order valence-electron chi connectivity index (χ3n) is 3.19. The fourth-order valence-electron chi connectivity index (χ4n) is 2.18. The summed E-state index contributed by atoms with van der Waals surface area (Å²) < 4.78 is 0.936. The minimum atomic E-state index is -0.0986. The summed E-state index contributed by atoms with van der Waals surface area (Å²) in [5.41, 5.74) is 2.45. The summed E-state index contributed by atoms with van der Waals surface area (Å²) in [4.78, 5) is 16.7. The molecule has 1 amide bonds. The molecule has 0 bridgehead atoms. The van der Waals surface area contributed by atoms with E-state index in [1.165, 1.54) is 0 Å². The van der Waals surface area contributed by atoms with Crippen LogP contribution in [0.2, 0.25) is 0 Å². The normalized spacial score (nSPS) is 13.5. The Hall–Kier alpha value is -1.89. The van der Waals surface area contributed by atoms with E-state index in [2.05, 4.69) is 38.2 Å². The van der Waals surface area contributed by atoms with Crippen LogP contribution in [-0.4, -0.2) is 24.8 Å². The number of hydrogen-bond donors (Lipinski definition) is 2. The highest BCUT2D eigenvalue weighted by Crippen LogP contribution is 2.16. The number of hydrogen-bond acceptors (Lipinski definition) is 3. The highest BCUT2D eigenvalue weighted by atomic mass is 127. The number of anilines is 1. The molecule has 1 heterocycles. The number of amidine groups is 1. The maximum absolute atomic E-state index is 12.3. The summed E-state index contributed by atoms with van der Waals surface area (Å²) in [6, 6.07) is 15.3. The molecule has 0 fully saturated rings. The van der Waals surface area contributed by atoms with Gasteiger partial charge in [0.05, 0.1) is 12.1 Å². The Morgan fingerprint density at radius 2 is 2.05 bits per heavy atom. The number of halogens is 1. The molecular formula is C16H14IN3O. The number of nitrogens with zero attached hydrogens (tertiary/aromatic N) is 1. The van der Waals surface area contributed by atoms with Crippen LogP contribution in [0.15, 0.2) is 53.5 Å². The van der Waals surface area contributed by atoms with Gasteiger partial charge in [-0.3, -0.25) is 9.79 Å². The van der Waals surface area contributed by atoms with Crippen LogP contribution >= 0.6 is 22.6 Å². The molecule has 21 heavy (non-hydrogen) atoms. The minimum absolute atomic E-state index is 0.0986. The second-order valence-corrected chi connectivity index (χ2v) is 5.83. The predicted molar refractivity (Wildman–Crippen MR) is 93.0 cm³/mol. The van der Waals surface area contributed by atoms with Crippen molar-refractivity contribution in [1.82, 2.24) is 5.32 Å². The molecule has 106 valence electrons. The number of nitrogens with one attached hydrogen (secondary N) is 2. The van der Waals surface area contributed by atoms with E-state index in [-0.39, 0.29) is 5.91 Å². The molecule has 2 N–H and O–H groups in total. The van der Waals surface area contributed by atoms with Crippen molar-refractivity contribution in [3.05, 3.63) is 63.2 Å². The Kier molecular flexibility index (Phi) is 4.19. The zero-order valence-corrected chi connectivity index (χ0v) is 13.4. The number of amides is 1. The summed E-state index contributed by atoms with van der Waals surface area (Å²) >= 11 is 2.17. The molecule has 0 radical (unpaired) electrons. The van der Waals surface area contributed by atoms with Crippen molar-refractivity contribution in [3.63, 3.8) is 0 Å². The van der Waals surface area contributed by atoms with Crippen molar-refractivity contribution in [2.75, 3.05) is 18.4 Å². The molecule has 0 aliphatic carbocycles. The highest BCUT2D eigenvalue weighted by Gasteiger charge is 2.11. The van der Waals surface area contributed by atoms with Gasteiger partial charge >= 0.3 is 0 Å². The van der Waals surface area contributed by atoms with E-state index >= 15 is 0 Å². The van der Waals surface area contributed by atoms with Crippen LogP contribution in [0.3, 0.4) is 0 Å². The lowest BCUT2D eigenvalue weighted by Crippen LogP contribution is -2.20. The largest absolute Gasteiger partial charge is 0.368 e. The van der Waals surface area contributed by atoms with E-state index in [0.717, 1.165) is 33.7 Å². The fraction of sp³-hybridized carbons (Fsp3) is 0.125. The second-order valence-electron chi connectivity index (χ2n) is 4.67. The van der Waals surface area contributed by atoms with Crippen LogP contribution in [0, 0.1) is 3.57 Å². The Morgan fingerprint density at radius 3 is 2.81 bits per heavy atom. The molecule has 0 spiro atoms. The van der Waals surface area contributed by atoms with Crippen LogP contribution in [0.1, 0.15) is 15.9 Å². The Morgan fingerprint density at radius 1 is 1.19 bits per heavy atom. The van der Waals surface area contributed by atoms with Gasteiger partial charge in [-0.25, -0.2) is 0 Å². The van der Waals surface area contributed by atoms with Gasteiger partial charge in [0.15, 0.2) is 0 Å². The van der Waals surface area contributed by atoms with E-state index in [9.17, 15) is 4.79 Å². The topological polar surface area (TPSA) is 53.5 Å². The number of carbonyl (C=O) groups is 1. The summed E-state index contributed by atoms with van der Waals surface area (Å²) in [6.07, 6.45) is 0. The van der Waals surface area contributed by atoms with Crippen LogP contribution in [0.5, 0.6) is 0 Å². The first kappa shape index (κ1) is 14.1. The van der Waals surface area contributed by atoms with E-state index in [1.54, 1.807) is 0 Å². The molecule has 0 saturated carbocycles. The zero-order chi connectivity index (χ0) is 14.7. The van der Waals surface area contributed by atoms with Crippen LogP contribution < -0.4 is 10.6 Å². The number of rotatable bonds is 3. The van der Waals surface area contributed by atoms with Gasteiger partial charge in [0.2, 0.25) is 0 Å². The van der Waals surface area contributed by atoms with Gasteiger partial charge in [-0.05, 0) is 46.9 Å². The van der Waals surface area contributed by atoms with Gasteiger partial charge in [-0.15, -0.1) is 0 Å². The molecular weight excluding hydrogens is 377 g/mol. The van der Waals surface area contributed by atoms with E-state index in [0.29, 0.717) is 5.56 Å². The first-order chi connectivity index (χ1) is 10.2. The van der Waals surface area contributed by atoms with Crippen molar-refractivity contribution in [1.29, 1.82) is 0 Å². The Balaban J connectivity index is 1.80. The second kappa shape index (κ2) is 6.26. The molecule has 2 aromatic carbocycles. The average Bonchev–Trinajstić information content (AvgIpc) is 3.02. The molecule has 1 aliphatic rings. The molecule has 1 aliphatic heterocycles. The summed E-state index contributed by atoms with van der Waals surface area (Å²) in [5, 5.41) is 6.17. The lowest BCUT2D eigenvalue weighted by Gasteiger charge is -2.09. The lowest BCUT2D eigenvalue weighted by molar-refractivity contribution is 0.102. The molecule has 0 saturated heterocycles. The van der Waals surface area contributed by atoms with Crippen molar-refractivity contribution >= 4 is 40.0 Å². The molecule has 0 atom stereocenters. The molecule has 3 rings (SSSR count). The number of carbonyl (C=O) groups excluding carboxylic acids is 1. The monoisotopic (exact) mass is 391 g/mol. The van der Waals surface area contributed by atoms with Crippen molar-refractivity contribution in [3.8, 4) is 0 Å². The smallest absolute Gasteiger partial charge is 0.256 e. The van der Waals surface area contributed by atoms with Crippen LogP contribution in [-0.2, 0) is 0 Å². The van der Waals surface area contributed by atoms with Gasteiger partial charge in [0, 0.05) is 21.4 Å². The maximum Gasteiger partial charge on any atom is 0.256 e. The van der Waals surface area contributed by atoms with E-state index in [1.807, 2.05) is 48.5 Å². The van der Waals surface area contributed by atoms with Gasteiger partial charge in [0.1, 0.15) is 5.84 Å². The van der Waals surface area contributed by atoms with Crippen LogP contribution in [0.4, 0.5) is 5.69 Å². The van der Waals surface area contributed by atoms with Gasteiger partial charge in [-0.1, -0.05) is 24.3 Å². The predicted octanol–water partition coefficient (Wildman–Crippen LogP) is 2.89. The third-order valence-corrected chi connectivity index (χ3v) is 4.13. The van der Waals surface area contributed by atoms with Crippen molar-refractivity contribution < 1.29 is 4.79 Å². The van der Waals surface area contributed by atoms with Crippen LogP contribution in [0.25, 0.3) is 0 Å². The van der Waals surface area contributed by atoms with Crippen molar-refractivity contribution in [2.24, 2.45) is 4.99 Å². The summed E-state index contributed by atoms with van der Waals surface area (Å²) in [7, 11) is 0. The van der Waals surface area contributed by atoms with Crippen molar-refractivity contribution in [2.45, 2.75) is 0 Å². The van der Waals surface area contributed by atoms with E-state index < -0.39 is 0 Å². The number of benzene rings is 2. The number of aliphatic imine (C=N–C) groups is 1. The summed E-state index contributed by atoms with van der Waals surface area (Å²) in [6.45, 7) is 1.67. The SMILES string of the molecule is O=C(Nc1cccc(C2=NCCN2)c1)c1ccccc1I. The fourth-order valence-corrected chi connectivity index (χ4v) is 2.81. The summed E-state index contributed by atoms with van der Waals surface area (Å²) in [5.74, 6) is 0.791. The molecule has 5 heteroatoms. The molecule has 0 aromatic heterocycles. The first-order valence-corrected chi connectivity index (χ1v) is 7.76. The minimum Gasteiger partial charge on any atom is -0.368 e. The zero-order valence-electron chi connectivity index (χ0n) is 11.3. The van der Waals surface area contributed by atoms with E-state index in [4.69, 9.17) is 0 Å². The first-order valence-electron chi connectivity index (χ1n) is 6.69. The van der Waals surface area contributed by atoms with Gasteiger partial charge in [-0.2, -0.15) is 0 Å². The highest BCUT2D eigenvalue weighted by molar-refractivity contribution is 14.1. The molecule has 0 unspecified atom stereocenters. The maximum atomic E-state index is 12.3. The standard InChI is InChI=1S/C16H14IN3O/c17-14-7-2-1-6-13(14)16(21)20-12-5-3-4-11(10-12)15-18-8-9-19-15/h1-7,10H,8-9H2,(H,18,19)(H,20,21). The lowest BCUT2D eigenvalue weighted by atomic mass is 10.1. The third kappa shape index (κ3) is 3.24. The molecule has 4 nitrogen and oxygen atoms in total. The van der Waals surface area contributed by atoms with Gasteiger partial charge in [0.25, 0.3) is 5.91 Å². The molecule has 2 aromatic rings. The Bertz CT molecular complexity index is 712. The van der Waals surface area contributed by atoms with Gasteiger partial charge < -0.3 is 10.6 Å². The average molecular weight is 391 g/mol. The Labute approximate surface area is 136 Å². The quantitative estimate of drug-likeness (QED) is 0.791.